The largest absolute Gasteiger partial charge is 0.496 e. The first-order valence-electron chi connectivity index (χ1n) is 20.4. The standard InChI is InChI=1S/C45H57N4O8/c1-9-29-20-30-23-44(40(51)55-7,36(26-48(24-29)25-30)46-33-15-12-11-14-27(33)3)32-21-31-34(22-35(32)54-6)47(5)38-43(31)17-19-49-18-13-16-42(10-2,37(43)49)39(57-28(4)50)45(38,53)41(52)56-8/h11-16,20-22,30,36-37,39,46,53H,9-10,17-19,23-26H2,1-8H3/q+1/t30-,36?,37-,39-,42+,43-,44?,45+/m1/s1. The topological polar surface area (TPSA) is 130 Å². The number of nitrogens with zero attached hydrogens (tertiary/aromatic N) is 3. The number of para-hydroxylation sites is 1. The van der Waals surface area contributed by atoms with Crippen LogP contribution in [0, 0.1) is 18.3 Å². The van der Waals surface area contributed by atoms with E-state index in [1.54, 1.807) is 7.11 Å². The summed E-state index contributed by atoms with van der Waals surface area (Å²) in [5.74, 6) is -1.30. The number of hydrogen-bond acceptors (Lipinski definition) is 11. The molecule has 2 aromatic carbocycles. The zero-order chi connectivity index (χ0) is 40.7. The van der Waals surface area contributed by atoms with Gasteiger partial charge >= 0.3 is 17.9 Å². The summed E-state index contributed by atoms with van der Waals surface area (Å²) in [5, 5.41) is 17.1. The molecule has 1 aliphatic carbocycles. The van der Waals surface area contributed by atoms with Crippen molar-refractivity contribution in [2.75, 3.05) is 66.4 Å². The average Bonchev–Trinajstić information content (AvgIpc) is 3.68. The lowest BCUT2D eigenvalue weighted by molar-refractivity contribution is -0.411. The van der Waals surface area contributed by atoms with Gasteiger partial charge in [-0.05, 0) is 56.2 Å². The molecular weight excluding hydrogens is 725 g/mol. The Hall–Kier alpha value is -4.52. The fourth-order valence-corrected chi connectivity index (χ4v) is 12.2. The van der Waals surface area contributed by atoms with Gasteiger partial charge in [0, 0.05) is 67.9 Å². The normalized spacial score (nSPS) is 35.0. The van der Waals surface area contributed by atoms with Gasteiger partial charge in [0.15, 0.2) is 6.10 Å². The molecule has 8 rings (SSSR count). The van der Waals surface area contributed by atoms with Crippen LogP contribution < -0.4 is 10.1 Å². The van der Waals surface area contributed by atoms with Gasteiger partial charge in [-0.1, -0.05) is 55.8 Å². The quantitative estimate of drug-likeness (QED) is 0.162. The Morgan fingerprint density at radius 2 is 1.79 bits per heavy atom. The Balaban J connectivity index is 1.43. The molecule has 1 spiro atoms. The minimum Gasteiger partial charge on any atom is -0.496 e. The molecule has 5 heterocycles. The molecular formula is C45H57N4O8+. The Kier molecular flexibility index (Phi) is 9.72. The van der Waals surface area contributed by atoms with Crippen LogP contribution in [0.5, 0.6) is 5.75 Å². The van der Waals surface area contributed by atoms with Gasteiger partial charge in [-0.25, -0.2) is 4.79 Å². The Bertz CT molecular complexity index is 2110. The summed E-state index contributed by atoms with van der Waals surface area (Å²) >= 11 is 0. The highest BCUT2D eigenvalue weighted by atomic mass is 16.6. The SMILES string of the molecule is CCC1=C[C@H]2CN(C1)CC(Nc1ccccc1C)C(C(=O)OC)(c1cc3c(cc1OC)[N+](C)=C1[C@@](O)(C(=O)OC)[C@H](OC(C)=O)[C@@]4(CC)C=CCN5CC[C@@]13[C@H]54)C2. The maximum atomic E-state index is 15.1. The van der Waals surface area contributed by atoms with E-state index in [9.17, 15) is 14.7 Å². The number of carbonyl (C=O) groups is 3. The van der Waals surface area contributed by atoms with E-state index in [1.165, 1.54) is 26.7 Å². The van der Waals surface area contributed by atoms with Crippen molar-refractivity contribution >= 4 is 35.0 Å². The fraction of sp³-hybridized carbons (Fsp3) is 0.556. The van der Waals surface area contributed by atoms with Gasteiger partial charge in [0.2, 0.25) is 11.4 Å². The van der Waals surface area contributed by atoms with Gasteiger partial charge in [0.05, 0.1) is 33.4 Å². The van der Waals surface area contributed by atoms with E-state index in [-0.39, 0.29) is 17.9 Å². The third kappa shape index (κ3) is 5.35. The van der Waals surface area contributed by atoms with Crippen LogP contribution in [-0.4, -0.2) is 128 Å². The van der Waals surface area contributed by atoms with Gasteiger partial charge in [-0.3, -0.25) is 19.4 Å². The first kappa shape index (κ1) is 39.3. The lowest BCUT2D eigenvalue weighted by atomic mass is 9.48. The number of ether oxygens (including phenoxy) is 4. The van der Waals surface area contributed by atoms with Crippen molar-refractivity contribution in [3.63, 3.8) is 0 Å². The Morgan fingerprint density at radius 3 is 2.46 bits per heavy atom. The zero-order valence-corrected chi connectivity index (χ0v) is 34.5. The van der Waals surface area contributed by atoms with E-state index in [4.69, 9.17) is 18.9 Å². The lowest BCUT2D eigenvalue weighted by Crippen LogP contribution is -2.78. The van der Waals surface area contributed by atoms with Crippen LogP contribution in [0.3, 0.4) is 0 Å². The number of methoxy groups -OCH3 is 3. The monoisotopic (exact) mass is 781 g/mol. The van der Waals surface area contributed by atoms with Crippen LogP contribution in [0.1, 0.15) is 63.1 Å². The molecule has 0 amide bonds. The zero-order valence-electron chi connectivity index (χ0n) is 34.5. The van der Waals surface area contributed by atoms with Crippen LogP contribution >= 0.6 is 0 Å². The van der Waals surface area contributed by atoms with Crippen molar-refractivity contribution in [1.29, 1.82) is 0 Å². The second-order valence-electron chi connectivity index (χ2n) is 17.0. The highest BCUT2D eigenvalue weighted by Gasteiger charge is 2.82. The molecule has 12 heteroatoms. The van der Waals surface area contributed by atoms with Crippen molar-refractivity contribution in [3.05, 3.63) is 76.9 Å². The fourth-order valence-electron chi connectivity index (χ4n) is 12.2. The van der Waals surface area contributed by atoms with Gasteiger partial charge in [-0.2, -0.15) is 4.58 Å². The van der Waals surface area contributed by atoms with E-state index in [2.05, 4.69) is 65.4 Å². The highest BCUT2D eigenvalue weighted by molar-refractivity contribution is 6.17. The predicted octanol–water partition coefficient (Wildman–Crippen LogP) is 4.42. The number of aryl methyl sites for hydroxylation is 1. The summed E-state index contributed by atoms with van der Waals surface area (Å²) in [6.07, 6.45) is 7.62. The van der Waals surface area contributed by atoms with Crippen molar-refractivity contribution in [2.24, 2.45) is 11.3 Å². The van der Waals surface area contributed by atoms with Crippen molar-refractivity contribution in [3.8, 4) is 5.75 Å². The number of rotatable bonds is 9. The maximum absolute atomic E-state index is 15.1. The second-order valence-corrected chi connectivity index (χ2v) is 17.0. The van der Waals surface area contributed by atoms with E-state index in [0.717, 1.165) is 42.0 Å². The van der Waals surface area contributed by atoms with Crippen LogP contribution in [0.4, 0.5) is 11.4 Å². The molecule has 0 aromatic heterocycles. The third-order valence-electron chi connectivity index (χ3n) is 14.4. The summed E-state index contributed by atoms with van der Waals surface area (Å²) in [6, 6.07) is 11.5. The molecule has 6 aliphatic rings. The van der Waals surface area contributed by atoms with E-state index in [0.29, 0.717) is 55.9 Å². The number of hydrogen-bond donors (Lipinski definition) is 2. The number of benzene rings is 2. The van der Waals surface area contributed by atoms with Gasteiger partial charge in [0.25, 0.3) is 5.60 Å². The number of carbonyl (C=O) groups excluding carboxylic acids is 3. The molecule has 304 valence electrons. The molecule has 12 nitrogen and oxygen atoms in total. The predicted molar refractivity (Wildman–Crippen MR) is 215 cm³/mol. The molecule has 9 atom stereocenters. The van der Waals surface area contributed by atoms with E-state index < -0.39 is 45.9 Å². The van der Waals surface area contributed by atoms with E-state index in [1.807, 2.05) is 36.7 Å². The maximum Gasteiger partial charge on any atom is 0.352 e. The molecule has 57 heavy (non-hydrogen) atoms. The van der Waals surface area contributed by atoms with Crippen molar-refractivity contribution in [2.45, 2.75) is 88.0 Å². The minimum atomic E-state index is -2.35. The molecule has 2 N–H and O–H groups in total. The summed E-state index contributed by atoms with van der Waals surface area (Å²) in [5.41, 5.74) is 0.567. The third-order valence-corrected chi connectivity index (χ3v) is 14.4. The summed E-state index contributed by atoms with van der Waals surface area (Å²) in [4.78, 5) is 47.2. The molecule has 2 aromatic rings. The Labute approximate surface area is 335 Å². The average molecular weight is 782 g/mol. The summed E-state index contributed by atoms with van der Waals surface area (Å²) < 4.78 is 25.7. The molecule has 2 saturated heterocycles. The highest BCUT2D eigenvalue weighted by Crippen LogP contribution is 2.65. The van der Waals surface area contributed by atoms with Crippen LogP contribution in [0.25, 0.3) is 0 Å². The molecule has 1 saturated carbocycles. The van der Waals surface area contributed by atoms with Crippen molar-refractivity contribution in [1.82, 2.24) is 9.80 Å². The minimum absolute atomic E-state index is 0.0548. The number of fused-ring (bicyclic) bond motifs is 3. The van der Waals surface area contributed by atoms with Crippen LogP contribution in [-0.2, 0) is 39.4 Å². The van der Waals surface area contributed by atoms with Crippen LogP contribution in [0.2, 0.25) is 0 Å². The number of aliphatic hydroxyl groups is 1. The lowest BCUT2D eigenvalue weighted by Gasteiger charge is -2.58. The van der Waals surface area contributed by atoms with Crippen molar-refractivity contribution < 1.29 is 43.0 Å². The van der Waals surface area contributed by atoms with Crippen LogP contribution in [0.15, 0.2) is 60.2 Å². The summed E-state index contributed by atoms with van der Waals surface area (Å²) in [7, 11) is 6.18. The number of esters is 3. The molecule has 0 radical (unpaired) electrons. The van der Waals surface area contributed by atoms with Gasteiger partial charge < -0.3 is 29.4 Å². The van der Waals surface area contributed by atoms with Gasteiger partial charge in [-0.15, -0.1) is 0 Å². The molecule has 3 fully saturated rings. The number of anilines is 1. The first-order chi connectivity index (χ1) is 27.3. The Morgan fingerprint density at radius 1 is 1.04 bits per heavy atom. The smallest absolute Gasteiger partial charge is 0.352 e. The summed E-state index contributed by atoms with van der Waals surface area (Å²) in [6.45, 7) is 11.1. The van der Waals surface area contributed by atoms with E-state index >= 15 is 4.79 Å². The second kappa shape index (κ2) is 14.1. The first-order valence-corrected chi connectivity index (χ1v) is 20.4. The molecule has 3 unspecified atom stereocenters. The van der Waals surface area contributed by atoms with Gasteiger partial charge in [0.1, 0.15) is 23.6 Å². The molecule has 5 aliphatic heterocycles. The number of nitrogens with one attached hydrogen (secondary N) is 1. The molecule has 2 bridgehead atoms.